The lowest BCUT2D eigenvalue weighted by Crippen LogP contribution is -2.16. The molecule has 4 nitrogen and oxygen atoms in total. The summed E-state index contributed by atoms with van der Waals surface area (Å²) >= 11 is 1.69. The smallest absolute Gasteiger partial charge is 0.0976 e. The summed E-state index contributed by atoms with van der Waals surface area (Å²) in [7, 11) is 2.04. The molecule has 28 heavy (non-hydrogen) atoms. The van der Waals surface area contributed by atoms with Gasteiger partial charge in [-0.3, -0.25) is 4.99 Å². The summed E-state index contributed by atoms with van der Waals surface area (Å²) in [5.41, 5.74) is 7.98. The van der Waals surface area contributed by atoms with Crippen LogP contribution in [0.2, 0.25) is 0 Å². The van der Waals surface area contributed by atoms with Crippen molar-refractivity contribution in [3.05, 3.63) is 69.0 Å². The fourth-order valence-electron chi connectivity index (χ4n) is 3.17. The zero-order chi connectivity index (χ0) is 20.1. The van der Waals surface area contributed by atoms with Gasteiger partial charge in [-0.1, -0.05) is 30.3 Å². The number of nitrogens with zero attached hydrogens (tertiary/aromatic N) is 3. The SMILES string of the molecule is CCN=CN(C)c1cc(C)c(Cc2nc(-c3ccc(CO)cc3)cs2)cc1C. The second kappa shape index (κ2) is 9.13. The summed E-state index contributed by atoms with van der Waals surface area (Å²) < 4.78 is 0. The Morgan fingerprint density at radius 1 is 1.14 bits per heavy atom. The molecule has 146 valence electrons. The van der Waals surface area contributed by atoms with Gasteiger partial charge >= 0.3 is 0 Å². The molecular weight excluding hydrogens is 366 g/mol. The average Bonchev–Trinajstić information content (AvgIpc) is 3.17. The van der Waals surface area contributed by atoms with Crippen molar-refractivity contribution in [2.45, 2.75) is 33.8 Å². The lowest BCUT2D eigenvalue weighted by Gasteiger charge is -2.18. The molecule has 1 N–H and O–H groups in total. The van der Waals surface area contributed by atoms with Crippen LogP contribution in [0.4, 0.5) is 5.69 Å². The summed E-state index contributed by atoms with van der Waals surface area (Å²) in [6.07, 6.45) is 2.72. The summed E-state index contributed by atoms with van der Waals surface area (Å²) in [5.74, 6) is 0. The molecule has 0 bridgehead atoms. The highest BCUT2D eigenvalue weighted by Gasteiger charge is 2.11. The Morgan fingerprint density at radius 2 is 1.89 bits per heavy atom. The molecule has 0 spiro atoms. The minimum atomic E-state index is 0.0662. The van der Waals surface area contributed by atoms with E-state index in [1.54, 1.807) is 11.3 Å². The van der Waals surface area contributed by atoms with Crippen LogP contribution in [0.15, 0.2) is 46.8 Å². The molecule has 1 aromatic heterocycles. The Hall–Kier alpha value is -2.50. The normalized spacial score (nSPS) is 11.3. The second-order valence-corrected chi connectivity index (χ2v) is 7.89. The minimum absolute atomic E-state index is 0.0662. The van der Waals surface area contributed by atoms with Crippen LogP contribution in [0, 0.1) is 13.8 Å². The molecule has 0 aliphatic heterocycles. The first-order valence-corrected chi connectivity index (χ1v) is 10.4. The molecule has 0 saturated carbocycles. The molecule has 3 aromatic rings. The number of hydrogen-bond donors (Lipinski definition) is 1. The van der Waals surface area contributed by atoms with Gasteiger partial charge in [-0.25, -0.2) is 4.98 Å². The molecule has 0 fully saturated rings. The number of aliphatic imine (C=N–C) groups is 1. The van der Waals surface area contributed by atoms with E-state index in [0.717, 1.165) is 34.8 Å². The van der Waals surface area contributed by atoms with Gasteiger partial charge < -0.3 is 10.0 Å². The molecule has 0 aliphatic carbocycles. The van der Waals surface area contributed by atoms with E-state index in [1.807, 2.05) is 44.6 Å². The Kier molecular flexibility index (Phi) is 6.60. The van der Waals surface area contributed by atoms with E-state index in [4.69, 9.17) is 4.98 Å². The first-order chi connectivity index (χ1) is 13.5. The van der Waals surface area contributed by atoms with E-state index in [9.17, 15) is 5.11 Å². The average molecular weight is 394 g/mol. The molecule has 0 aliphatic rings. The fourth-order valence-corrected chi connectivity index (χ4v) is 3.99. The van der Waals surface area contributed by atoms with Crippen molar-refractivity contribution in [3.8, 4) is 11.3 Å². The van der Waals surface area contributed by atoms with Crippen molar-refractivity contribution in [2.75, 3.05) is 18.5 Å². The predicted octanol–water partition coefficient (Wildman–Crippen LogP) is 4.99. The van der Waals surface area contributed by atoms with Crippen LogP contribution < -0.4 is 4.90 Å². The molecule has 0 radical (unpaired) electrons. The monoisotopic (exact) mass is 393 g/mol. The van der Waals surface area contributed by atoms with Gasteiger partial charge in [0.25, 0.3) is 0 Å². The van der Waals surface area contributed by atoms with Gasteiger partial charge in [0.2, 0.25) is 0 Å². The van der Waals surface area contributed by atoms with Crippen LogP contribution in [0.3, 0.4) is 0 Å². The predicted molar refractivity (Wildman–Crippen MR) is 120 cm³/mol. The van der Waals surface area contributed by atoms with E-state index in [1.165, 1.54) is 22.4 Å². The number of aryl methyl sites for hydroxylation is 2. The molecule has 0 unspecified atom stereocenters. The van der Waals surface area contributed by atoms with Gasteiger partial charge in [-0.2, -0.15) is 0 Å². The van der Waals surface area contributed by atoms with Gasteiger partial charge in [0.05, 0.1) is 23.6 Å². The first kappa shape index (κ1) is 20.2. The number of hydrogen-bond acceptors (Lipinski definition) is 4. The molecule has 2 aromatic carbocycles. The van der Waals surface area contributed by atoms with Crippen LogP contribution in [-0.4, -0.2) is 30.0 Å². The molecule has 1 heterocycles. The van der Waals surface area contributed by atoms with Gasteiger partial charge in [0, 0.05) is 36.6 Å². The summed E-state index contributed by atoms with van der Waals surface area (Å²) in [5, 5.41) is 12.4. The summed E-state index contributed by atoms with van der Waals surface area (Å²) in [6.45, 7) is 7.19. The van der Waals surface area contributed by atoms with Gasteiger partial charge in [-0.05, 0) is 49.1 Å². The van der Waals surface area contributed by atoms with Gasteiger partial charge in [0.15, 0.2) is 0 Å². The molecule has 0 amide bonds. The molecule has 0 saturated heterocycles. The quantitative estimate of drug-likeness (QED) is 0.454. The van der Waals surface area contributed by atoms with Crippen LogP contribution >= 0.6 is 11.3 Å². The van der Waals surface area contributed by atoms with E-state index in [-0.39, 0.29) is 6.61 Å². The molecule has 0 atom stereocenters. The zero-order valence-corrected chi connectivity index (χ0v) is 17.8. The third kappa shape index (κ3) is 4.66. The van der Waals surface area contributed by atoms with E-state index in [2.05, 4.69) is 41.3 Å². The lowest BCUT2D eigenvalue weighted by atomic mass is 10.0. The van der Waals surface area contributed by atoms with Crippen molar-refractivity contribution >= 4 is 23.4 Å². The van der Waals surface area contributed by atoms with Crippen molar-refractivity contribution < 1.29 is 5.11 Å². The maximum absolute atomic E-state index is 9.19. The number of aromatic nitrogens is 1. The number of rotatable bonds is 7. The number of aliphatic hydroxyl groups is 1. The van der Waals surface area contributed by atoms with E-state index in [0.29, 0.717) is 0 Å². The van der Waals surface area contributed by atoms with Crippen LogP contribution in [0.5, 0.6) is 0 Å². The third-order valence-corrected chi connectivity index (χ3v) is 5.65. The van der Waals surface area contributed by atoms with Crippen LogP contribution in [0.25, 0.3) is 11.3 Å². The van der Waals surface area contributed by atoms with Crippen molar-refractivity contribution in [2.24, 2.45) is 4.99 Å². The largest absolute Gasteiger partial charge is 0.392 e. The van der Waals surface area contributed by atoms with Gasteiger partial charge in [0.1, 0.15) is 0 Å². The first-order valence-electron chi connectivity index (χ1n) is 9.49. The third-order valence-electron chi connectivity index (χ3n) is 4.80. The van der Waals surface area contributed by atoms with Gasteiger partial charge in [-0.15, -0.1) is 11.3 Å². The van der Waals surface area contributed by atoms with E-state index < -0.39 is 0 Å². The standard InChI is InChI=1S/C23H27N3OS/c1-5-24-15-26(4)22-11-16(2)20(10-17(22)3)12-23-25-21(14-28-23)19-8-6-18(13-27)7-9-19/h6-11,14-15,27H,5,12-13H2,1-4H3. The van der Waals surface area contributed by atoms with Crippen LogP contribution in [-0.2, 0) is 13.0 Å². The number of aliphatic hydroxyl groups excluding tert-OH is 1. The Bertz CT molecular complexity index is 960. The topological polar surface area (TPSA) is 48.7 Å². The highest BCUT2D eigenvalue weighted by molar-refractivity contribution is 7.10. The molecule has 5 heteroatoms. The Labute approximate surface area is 171 Å². The highest BCUT2D eigenvalue weighted by atomic mass is 32.1. The van der Waals surface area contributed by atoms with E-state index >= 15 is 0 Å². The number of anilines is 1. The van der Waals surface area contributed by atoms with Crippen molar-refractivity contribution in [3.63, 3.8) is 0 Å². The zero-order valence-electron chi connectivity index (χ0n) is 16.9. The summed E-state index contributed by atoms with van der Waals surface area (Å²) in [4.78, 5) is 11.2. The Morgan fingerprint density at radius 3 is 2.57 bits per heavy atom. The Balaban J connectivity index is 1.79. The number of thiazole rings is 1. The summed E-state index contributed by atoms with van der Waals surface area (Å²) in [6, 6.07) is 12.4. The molecule has 3 rings (SSSR count). The number of benzene rings is 2. The van der Waals surface area contributed by atoms with Crippen molar-refractivity contribution in [1.82, 2.24) is 4.98 Å². The van der Waals surface area contributed by atoms with Crippen LogP contribution in [0.1, 0.15) is 34.2 Å². The fraction of sp³-hybridized carbons (Fsp3) is 0.304. The minimum Gasteiger partial charge on any atom is -0.392 e. The maximum atomic E-state index is 9.19. The highest BCUT2D eigenvalue weighted by Crippen LogP contribution is 2.28. The van der Waals surface area contributed by atoms with Crippen molar-refractivity contribution in [1.29, 1.82) is 0 Å². The maximum Gasteiger partial charge on any atom is 0.0976 e. The molecular formula is C23H27N3OS. The second-order valence-electron chi connectivity index (χ2n) is 6.95. The lowest BCUT2D eigenvalue weighted by molar-refractivity contribution is 0.282.